The van der Waals surface area contributed by atoms with Crippen LogP contribution in [-0.2, 0) is 32.7 Å². The van der Waals surface area contributed by atoms with E-state index in [0.717, 1.165) is 0 Å². The smallest absolute Gasteiger partial charge is 0.177 e. The normalized spacial score (nSPS) is 9.09. The van der Waals surface area contributed by atoms with Crippen LogP contribution < -0.4 is 0 Å². The Balaban J connectivity index is 0.000001000. The van der Waals surface area contributed by atoms with Gasteiger partial charge in [0.15, 0.2) is 0 Å². The van der Waals surface area contributed by atoms with Gasteiger partial charge in [0.1, 0.15) is 0 Å². The SMILES string of the molecule is Cc1[c-]c(C)c(C)c(C)c1.[Y+3]. The van der Waals surface area contributed by atoms with Crippen LogP contribution in [0.25, 0.3) is 0 Å². The van der Waals surface area contributed by atoms with E-state index >= 15 is 0 Å². The fourth-order valence-electron chi connectivity index (χ4n) is 1.15. The average Bonchev–Trinajstić information content (AvgIpc) is 1.82. The molecular formula is C10H13Y+2. The van der Waals surface area contributed by atoms with Crippen LogP contribution in [0.1, 0.15) is 22.3 Å². The van der Waals surface area contributed by atoms with Crippen LogP contribution in [0.2, 0.25) is 0 Å². The zero-order valence-electron chi connectivity index (χ0n) is 7.65. The van der Waals surface area contributed by atoms with Crippen molar-refractivity contribution >= 4 is 0 Å². The molecule has 0 heterocycles. The molecule has 0 aromatic heterocycles. The molecule has 1 aromatic rings. The molecule has 0 unspecified atom stereocenters. The molecule has 0 nitrogen and oxygen atoms in total. The van der Waals surface area contributed by atoms with Gasteiger partial charge in [-0.15, -0.1) is 0 Å². The zero-order valence-corrected chi connectivity index (χ0v) is 10.5. The predicted molar refractivity (Wildman–Crippen MR) is 44.2 cm³/mol. The Morgan fingerprint density at radius 2 is 1.64 bits per heavy atom. The summed E-state index contributed by atoms with van der Waals surface area (Å²) in [6.07, 6.45) is 0. The van der Waals surface area contributed by atoms with Crippen molar-refractivity contribution in [3.05, 3.63) is 34.4 Å². The molecule has 0 N–H and O–H groups in total. The Morgan fingerprint density at radius 1 is 1.09 bits per heavy atom. The minimum absolute atomic E-state index is 0. The minimum atomic E-state index is 0. The summed E-state index contributed by atoms with van der Waals surface area (Å²) >= 11 is 0. The fourth-order valence-corrected chi connectivity index (χ4v) is 1.15. The first-order chi connectivity index (χ1) is 4.61. The molecule has 0 saturated heterocycles. The molecule has 0 amide bonds. The fraction of sp³-hybridized carbons (Fsp3) is 0.400. The summed E-state index contributed by atoms with van der Waals surface area (Å²) in [5, 5.41) is 0. The number of hydrogen-bond donors (Lipinski definition) is 0. The van der Waals surface area contributed by atoms with E-state index < -0.39 is 0 Å². The van der Waals surface area contributed by atoms with Gasteiger partial charge in [-0.05, 0) is 0 Å². The van der Waals surface area contributed by atoms with Crippen LogP contribution in [0, 0.1) is 33.8 Å². The Morgan fingerprint density at radius 3 is 2.09 bits per heavy atom. The van der Waals surface area contributed by atoms with Crippen LogP contribution in [0.4, 0.5) is 0 Å². The van der Waals surface area contributed by atoms with Crippen molar-refractivity contribution in [3.8, 4) is 0 Å². The van der Waals surface area contributed by atoms with Crippen LogP contribution in [-0.4, -0.2) is 0 Å². The first-order valence-corrected chi connectivity index (χ1v) is 3.58. The second-order valence-corrected chi connectivity index (χ2v) is 2.89. The van der Waals surface area contributed by atoms with Gasteiger partial charge in [0.05, 0.1) is 0 Å². The molecule has 0 spiro atoms. The summed E-state index contributed by atoms with van der Waals surface area (Å²) in [4.78, 5) is 0. The average molecular weight is 222 g/mol. The topological polar surface area (TPSA) is 0 Å². The van der Waals surface area contributed by atoms with Crippen molar-refractivity contribution in [1.29, 1.82) is 0 Å². The first-order valence-electron chi connectivity index (χ1n) is 3.58. The van der Waals surface area contributed by atoms with E-state index in [1.165, 1.54) is 22.3 Å². The molecule has 0 atom stereocenters. The van der Waals surface area contributed by atoms with Gasteiger partial charge in [-0.2, -0.15) is 34.4 Å². The van der Waals surface area contributed by atoms with E-state index in [4.69, 9.17) is 0 Å². The molecule has 0 fully saturated rings. The standard InChI is InChI=1S/C10H13.Y/c1-7-5-8(2)10(4)9(3)6-7;/h5H,1-4H3;/q-1;+3. The molecule has 0 aliphatic heterocycles. The molecule has 11 heavy (non-hydrogen) atoms. The predicted octanol–water partition coefficient (Wildman–Crippen LogP) is 2.72. The maximum absolute atomic E-state index is 3.28. The molecular weight excluding hydrogens is 209 g/mol. The number of rotatable bonds is 0. The van der Waals surface area contributed by atoms with Gasteiger partial charge in [-0.1, -0.05) is 27.7 Å². The van der Waals surface area contributed by atoms with Crippen LogP contribution in [0.5, 0.6) is 0 Å². The van der Waals surface area contributed by atoms with E-state index in [1.807, 2.05) is 0 Å². The molecule has 0 saturated carbocycles. The summed E-state index contributed by atoms with van der Waals surface area (Å²) in [7, 11) is 0. The summed E-state index contributed by atoms with van der Waals surface area (Å²) in [5.41, 5.74) is 5.25. The third kappa shape index (κ3) is 2.68. The van der Waals surface area contributed by atoms with Crippen molar-refractivity contribution in [2.45, 2.75) is 27.7 Å². The van der Waals surface area contributed by atoms with Crippen molar-refractivity contribution in [1.82, 2.24) is 0 Å². The minimum Gasteiger partial charge on any atom is -0.177 e. The largest absolute Gasteiger partial charge is 3.00 e. The molecule has 0 aliphatic rings. The maximum atomic E-state index is 3.28. The van der Waals surface area contributed by atoms with Crippen LogP contribution in [0.15, 0.2) is 6.07 Å². The molecule has 54 valence electrons. The summed E-state index contributed by atoms with van der Waals surface area (Å²) in [5.74, 6) is 0. The molecule has 0 aliphatic carbocycles. The number of hydrogen-bond acceptors (Lipinski definition) is 0. The number of benzene rings is 1. The van der Waals surface area contributed by atoms with Crippen LogP contribution >= 0.6 is 0 Å². The van der Waals surface area contributed by atoms with E-state index in [2.05, 4.69) is 39.8 Å². The molecule has 1 rings (SSSR count). The van der Waals surface area contributed by atoms with Crippen molar-refractivity contribution in [2.75, 3.05) is 0 Å². The van der Waals surface area contributed by atoms with Gasteiger partial charge in [0, 0.05) is 0 Å². The van der Waals surface area contributed by atoms with Gasteiger partial charge in [0.2, 0.25) is 0 Å². The number of aryl methyl sites for hydroxylation is 3. The Labute approximate surface area is 94.3 Å². The van der Waals surface area contributed by atoms with Crippen LogP contribution in [0.3, 0.4) is 0 Å². The second-order valence-electron chi connectivity index (χ2n) is 2.89. The van der Waals surface area contributed by atoms with Crippen molar-refractivity contribution in [2.24, 2.45) is 0 Å². The molecule has 0 radical (unpaired) electrons. The van der Waals surface area contributed by atoms with Gasteiger partial charge < -0.3 is 0 Å². The first kappa shape index (κ1) is 11.3. The Hall–Kier alpha value is 0.324. The van der Waals surface area contributed by atoms with Gasteiger partial charge in [-0.25, -0.2) is 0 Å². The van der Waals surface area contributed by atoms with Gasteiger partial charge in [0.25, 0.3) is 0 Å². The molecule has 1 heteroatoms. The Kier molecular flexibility index (Phi) is 4.50. The summed E-state index contributed by atoms with van der Waals surface area (Å²) in [6.45, 7) is 8.47. The monoisotopic (exact) mass is 222 g/mol. The zero-order chi connectivity index (χ0) is 7.72. The Bertz CT molecular complexity index is 228. The van der Waals surface area contributed by atoms with E-state index in [-0.39, 0.29) is 32.7 Å². The maximum Gasteiger partial charge on any atom is 3.00 e. The summed E-state index contributed by atoms with van der Waals surface area (Å²) < 4.78 is 0. The van der Waals surface area contributed by atoms with Crippen molar-refractivity contribution in [3.63, 3.8) is 0 Å². The molecule has 1 aromatic carbocycles. The van der Waals surface area contributed by atoms with Crippen molar-refractivity contribution < 1.29 is 32.7 Å². The third-order valence-electron chi connectivity index (χ3n) is 1.97. The van der Waals surface area contributed by atoms with E-state index in [1.54, 1.807) is 0 Å². The van der Waals surface area contributed by atoms with E-state index in [9.17, 15) is 0 Å². The summed E-state index contributed by atoms with van der Waals surface area (Å²) in [6, 6.07) is 5.45. The second kappa shape index (κ2) is 4.37. The van der Waals surface area contributed by atoms with Gasteiger partial charge in [-0.3, -0.25) is 0 Å². The van der Waals surface area contributed by atoms with Gasteiger partial charge >= 0.3 is 32.7 Å². The third-order valence-corrected chi connectivity index (χ3v) is 1.97. The quantitative estimate of drug-likeness (QED) is 0.592. The van der Waals surface area contributed by atoms with E-state index in [0.29, 0.717) is 0 Å². The molecule has 0 bridgehead atoms.